The summed E-state index contributed by atoms with van der Waals surface area (Å²) in [6.07, 6.45) is -0.409. The fourth-order valence-electron chi connectivity index (χ4n) is 1.91. The van der Waals surface area contributed by atoms with Crippen LogP contribution in [0.1, 0.15) is 34.9 Å². The summed E-state index contributed by atoms with van der Waals surface area (Å²) in [6, 6.07) is 12.2. The number of benzene rings is 1. The van der Waals surface area contributed by atoms with Crippen molar-refractivity contribution in [3.63, 3.8) is 0 Å². The van der Waals surface area contributed by atoms with Crippen molar-refractivity contribution in [3.05, 3.63) is 57.8 Å². The molecule has 2 atom stereocenters. The molecule has 84 valence electrons. The largest absolute Gasteiger partial charge is 0.388 e. The first kappa shape index (κ1) is 11.4. The van der Waals surface area contributed by atoms with Gasteiger partial charge < -0.3 is 5.11 Å². The highest BCUT2D eigenvalue weighted by Gasteiger charge is 2.19. The molecule has 0 aliphatic heterocycles. The highest BCUT2D eigenvalue weighted by Crippen LogP contribution is 2.33. The summed E-state index contributed by atoms with van der Waals surface area (Å²) in [5, 5.41) is 12.4. The van der Waals surface area contributed by atoms with Crippen LogP contribution in [0.4, 0.5) is 0 Å². The van der Waals surface area contributed by atoms with E-state index in [1.165, 1.54) is 10.4 Å². The molecule has 16 heavy (non-hydrogen) atoms. The van der Waals surface area contributed by atoms with Crippen LogP contribution < -0.4 is 0 Å². The van der Waals surface area contributed by atoms with E-state index in [2.05, 4.69) is 26.0 Å². The van der Waals surface area contributed by atoms with E-state index in [9.17, 15) is 5.11 Å². The summed E-state index contributed by atoms with van der Waals surface area (Å²) >= 11 is 1.69. The van der Waals surface area contributed by atoms with Crippen molar-refractivity contribution in [3.8, 4) is 0 Å². The predicted octanol–water partition coefficient (Wildman–Crippen LogP) is 3.89. The molecule has 0 saturated heterocycles. The van der Waals surface area contributed by atoms with Crippen LogP contribution in [0.3, 0.4) is 0 Å². The van der Waals surface area contributed by atoms with E-state index in [0.29, 0.717) is 0 Å². The molecule has 0 spiro atoms. The molecular weight excluding hydrogens is 216 g/mol. The van der Waals surface area contributed by atoms with Crippen LogP contribution in [0.5, 0.6) is 0 Å². The summed E-state index contributed by atoms with van der Waals surface area (Å²) in [5.41, 5.74) is 2.24. The van der Waals surface area contributed by atoms with Crippen LogP contribution in [-0.2, 0) is 0 Å². The second-order valence-corrected chi connectivity index (χ2v) is 5.20. The Morgan fingerprint density at radius 3 is 2.38 bits per heavy atom. The lowest BCUT2D eigenvalue weighted by Gasteiger charge is -2.19. The van der Waals surface area contributed by atoms with Crippen molar-refractivity contribution in [1.29, 1.82) is 0 Å². The van der Waals surface area contributed by atoms with Crippen molar-refractivity contribution >= 4 is 11.3 Å². The van der Waals surface area contributed by atoms with Crippen LogP contribution in [0, 0.1) is 6.92 Å². The number of hydrogen-bond acceptors (Lipinski definition) is 2. The summed E-state index contributed by atoms with van der Waals surface area (Å²) in [5.74, 6) is 0.134. The molecule has 0 aliphatic rings. The summed E-state index contributed by atoms with van der Waals surface area (Å²) in [7, 11) is 0. The van der Waals surface area contributed by atoms with E-state index in [1.54, 1.807) is 11.3 Å². The molecule has 1 nitrogen and oxygen atoms in total. The lowest BCUT2D eigenvalue weighted by Crippen LogP contribution is -2.07. The van der Waals surface area contributed by atoms with Gasteiger partial charge in [-0.2, -0.15) is 0 Å². The van der Waals surface area contributed by atoms with Crippen molar-refractivity contribution in [2.45, 2.75) is 25.9 Å². The monoisotopic (exact) mass is 232 g/mol. The Bertz CT molecular complexity index is 447. The summed E-state index contributed by atoms with van der Waals surface area (Å²) in [4.78, 5) is 1.20. The number of aliphatic hydroxyl groups is 1. The quantitative estimate of drug-likeness (QED) is 0.851. The molecule has 0 bridgehead atoms. The molecule has 1 aromatic heterocycles. The fraction of sp³-hybridized carbons (Fsp3) is 0.286. The molecular formula is C14H16OS. The first-order valence-corrected chi connectivity index (χ1v) is 6.35. The Morgan fingerprint density at radius 1 is 1.12 bits per heavy atom. The average Bonchev–Trinajstić information content (AvgIpc) is 2.75. The number of hydrogen-bond donors (Lipinski definition) is 1. The molecule has 0 aliphatic carbocycles. The Hall–Kier alpha value is -1.12. The molecule has 1 aromatic carbocycles. The van der Waals surface area contributed by atoms with Gasteiger partial charge in [-0.05, 0) is 29.5 Å². The zero-order chi connectivity index (χ0) is 11.5. The lowest BCUT2D eigenvalue weighted by molar-refractivity contribution is 0.151. The number of thiophene rings is 1. The Labute approximate surface area is 100 Å². The molecule has 2 unspecified atom stereocenters. The molecule has 1 heterocycles. The molecule has 2 aromatic rings. The number of aryl methyl sites for hydroxylation is 1. The molecule has 0 amide bonds. The van der Waals surface area contributed by atoms with Crippen molar-refractivity contribution in [2.24, 2.45) is 0 Å². The van der Waals surface area contributed by atoms with Crippen molar-refractivity contribution < 1.29 is 5.11 Å². The van der Waals surface area contributed by atoms with Crippen LogP contribution in [-0.4, -0.2) is 5.11 Å². The fourth-order valence-corrected chi connectivity index (χ4v) is 2.65. The Kier molecular flexibility index (Phi) is 3.42. The second-order valence-electron chi connectivity index (χ2n) is 4.08. The minimum absolute atomic E-state index is 0.134. The van der Waals surface area contributed by atoms with Gasteiger partial charge in [-0.15, -0.1) is 11.3 Å². The first-order chi connectivity index (χ1) is 7.70. The predicted molar refractivity (Wildman–Crippen MR) is 68.9 cm³/mol. The number of rotatable bonds is 3. The zero-order valence-electron chi connectivity index (χ0n) is 9.55. The maximum atomic E-state index is 10.3. The summed E-state index contributed by atoms with van der Waals surface area (Å²) < 4.78 is 0. The van der Waals surface area contributed by atoms with Gasteiger partial charge >= 0.3 is 0 Å². The minimum atomic E-state index is -0.409. The van der Waals surface area contributed by atoms with Crippen LogP contribution in [0.2, 0.25) is 0 Å². The van der Waals surface area contributed by atoms with Gasteiger partial charge in [0.15, 0.2) is 0 Å². The molecule has 0 saturated carbocycles. The number of aliphatic hydroxyl groups excluding tert-OH is 1. The van der Waals surface area contributed by atoms with Gasteiger partial charge in [0.2, 0.25) is 0 Å². The Balaban J connectivity index is 2.23. The maximum absolute atomic E-state index is 10.3. The molecule has 2 heteroatoms. The van der Waals surface area contributed by atoms with Gasteiger partial charge in [0.1, 0.15) is 0 Å². The lowest BCUT2D eigenvalue weighted by atomic mass is 9.91. The van der Waals surface area contributed by atoms with E-state index in [0.717, 1.165) is 5.56 Å². The van der Waals surface area contributed by atoms with Gasteiger partial charge in [-0.25, -0.2) is 0 Å². The van der Waals surface area contributed by atoms with Gasteiger partial charge in [-0.1, -0.05) is 37.3 Å². The molecule has 1 N–H and O–H groups in total. The second kappa shape index (κ2) is 4.81. The highest BCUT2D eigenvalue weighted by atomic mass is 32.1. The molecule has 0 radical (unpaired) electrons. The third kappa shape index (κ3) is 2.18. The molecule has 0 fully saturated rings. The van der Waals surface area contributed by atoms with Crippen LogP contribution >= 0.6 is 11.3 Å². The normalized spacial score (nSPS) is 14.7. The zero-order valence-corrected chi connectivity index (χ0v) is 10.4. The van der Waals surface area contributed by atoms with E-state index in [4.69, 9.17) is 0 Å². The molecule has 2 rings (SSSR count). The van der Waals surface area contributed by atoms with Gasteiger partial charge in [0.05, 0.1) is 6.10 Å². The minimum Gasteiger partial charge on any atom is -0.388 e. The van der Waals surface area contributed by atoms with E-state index >= 15 is 0 Å². The topological polar surface area (TPSA) is 20.2 Å². The van der Waals surface area contributed by atoms with Crippen LogP contribution in [0.15, 0.2) is 41.8 Å². The van der Waals surface area contributed by atoms with E-state index < -0.39 is 6.10 Å². The maximum Gasteiger partial charge on any atom is 0.0866 e. The van der Waals surface area contributed by atoms with E-state index in [-0.39, 0.29) is 5.92 Å². The van der Waals surface area contributed by atoms with Crippen molar-refractivity contribution in [1.82, 2.24) is 0 Å². The SMILES string of the molecule is Cc1sccc1C(O)C(C)c1ccccc1. The highest BCUT2D eigenvalue weighted by molar-refractivity contribution is 7.10. The van der Waals surface area contributed by atoms with Gasteiger partial charge in [0.25, 0.3) is 0 Å². The summed E-state index contributed by atoms with van der Waals surface area (Å²) in [6.45, 7) is 4.12. The van der Waals surface area contributed by atoms with Gasteiger partial charge in [-0.3, -0.25) is 0 Å². The Morgan fingerprint density at radius 2 is 1.81 bits per heavy atom. The third-order valence-electron chi connectivity index (χ3n) is 3.02. The van der Waals surface area contributed by atoms with Crippen LogP contribution in [0.25, 0.3) is 0 Å². The van der Waals surface area contributed by atoms with Gasteiger partial charge in [0, 0.05) is 10.8 Å². The smallest absolute Gasteiger partial charge is 0.0866 e. The standard InChI is InChI=1S/C14H16OS/c1-10(12-6-4-3-5-7-12)14(15)13-8-9-16-11(13)2/h3-10,14-15H,1-2H3. The first-order valence-electron chi connectivity index (χ1n) is 5.47. The van der Waals surface area contributed by atoms with Crippen molar-refractivity contribution in [2.75, 3.05) is 0 Å². The van der Waals surface area contributed by atoms with E-state index in [1.807, 2.05) is 29.6 Å². The third-order valence-corrected chi connectivity index (χ3v) is 3.88. The average molecular weight is 232 g/mol.